The first-order chi connectivity index (χ1) is 13.0. The minimum Gasteiger partial charge on any atom is -0.326 e. The Morgan fingerprint density at radius 2 is 1.78 bits per heavy atom. The molecular formula is C22H27N3O2. The molecule has 0 bridgehead atoms. The summed E-state index contributed by atoms with van der Waals surface area (Å²) in [5.41, 5.74) is 3.97. The van der Waals surface area contributed by atoms with Crippen molar-refractivity contribution in [2.45, 2.75) is 39.7 Å². The van der Waals surface area contributed by atoms with Gasteiger partial charge in [0.15, 0.2) is 0 Å². The number of carbonyl (C=O) groups is 2. The maximum Gasteiger partial charge on any atom is 0.319 e. The highest BCUT2D eigenvalue weighted by atomic mass is 16.2. The third-order valence-corrected chi connectivity index (χ3v) is 5.02. The van der Waals surface area contributed by atoms with Gasteiger partial charge in [0.25, 0.3) is 0 Å². The van der Waals surface area contributed by atoms with Crippen molar-refractivity contribution in [3.8, 4) is 0 Å². The zero-order valence-electron chi connectivity index (χ0n) is 16.2. The van der Waals surface area contributed by atoms with E-state index in [-0.39, 0.29) is 17.9 Å². The summed E-state index contributed by atoms with van der Waals surface area (Å²) >= 11 is 0. The van der Waals surface area contributed by atoms with Crippen LogP contribution >= 0.6 is 0 Å². The Morgan fingerprint density at radius 1 is 1.07 bits per heavy atom. The van der Waals surface area contributed by atoms with Gasteiger partial charge in [-0.15, -0.1) is 0 Å². The van der Waals surface area contributed by atoms with E-state index in [1.54, 1.807) is 4.90 Å². The molecule has 0 saturated heterocycles. The van der Waals surface area contributed by atoms with Crippen molar-refractivity contribution in [2.24, 2.45) is 5.92 Å². The van der Waals surface area contributed by atoms with Gasteiger partial charge >= 0.3 is 6.03 Å². The van der Waals surface area contributed by atoms with E-state index in [0.717, 1.165) is 29.8 Å². The molecule has 2 aromatic rings. The summed E-state index contributed by atoms with van der Waals surface area (Å²) in [4.78, 5) is 27.5. The normalized spacial score (nSPS) is 14.0. The predicted molar refractivity (Wildman–Crippen MR) is 109 cm³/mol. The van der Waals surface area contributed by atoms with Crippen molar-refractivity contribution in [1.82, 2.24) is 5.32 Å². The molecule has 2 aromatic carbocycles. The molecule has 0 radical (unpaired) electrons. The zero-order valence-corrected chi connectivity index (χ0v) is 16.2. The number of aryl methyl sites for hydroxylation is 1. The lowest BCUT2D eigenvalue weighted by Crippen LogP contribution is -2.52. The molecule has 0 unspecified atom stereocenters. The number of hydrogen-bond acceptors (Lipinski definition) is 2. The number of nitrogens with one attached hydrogen (secondary N) is 2. The SMILES string of the molecule is CCc1ccccc1NC(=O)N[C@@H](C(=O)N1CCc2ccccc21)C(C)C. The minimum atomic E-state index is -0.579. The number of hydrogen-bond donors (Lipinski definition) is 2. The Balaban J connectivity index is 1.72. The first-order valence-electron chi connectivity index (χ1n) is 9.56. The number of carbonyl (C=O) groups excluding carboxylic acids is 2. The van der Waals surface area contributed by atoms with Gasteiger partial charge in [0.05, 0.1) is 0 Å². The maximum absolute atomic E-state index is 13.1. The number of urea groups is 1. The third kappa shape index (κ3) is 4.13. The Kier molecular flexibility index (Phi) is 5.79. The van der Waals surface area contributed by atoms with Gasteiger partial charge in [-0.25, -0.2) is 4.79 Å². The Morgan fingerprint density at radius 3 is 2.52 bits per heavy atom. The van der Waals surface area contributed by atoms with Gasteiger partial charge in [-0.1, -0.05) is 57.2 Å². The lowest BCUT2D eigenvalue weighted by Gasteiger charge is -2.27. The minimum absolute atomic E-state index is 0.0163. The second-order valence-corrected chi connectivity index (χ2v) is 7.20. The number of nitrogens with zero attached hydrogens (tertiary/aromatic N) is 1. The van der Waals surface area contributed by atoms with Crippen LogP contribution in [0.2, 0.25) is 0 Å². The highest BCUT2D eigenvalue weighted by Gasteiger charge is 2.32. The largest absolute Gasteiger partial charge is 0.326 e. The topological polar surface area (TPSA) is 61.4 Å². The van der Waals surface area contributed by atoms with Crippen LogP contribution in [-0.2, 0) is 17.6 Å². The molecule has 2 N–H and O–H groups in total. The van der Waals surface area contributed by atoms with Crippen molar-refractivity contribution >= 4 is 23.3 Å². The fraction of sp³-hybridized carbons (Fsp3) is 0.364. The van der Waals surface area contributed by atoms with Gasteiger partial charge in [0.1, 0.15) is 6.04 Å². The summed E-state index contributed by atoms with van der Waals surface area (Å²) < 4.78 is 0. The highest BCUT2D eigenvalue weighted by Crippen LogP contribution is 2.28. The average Bonchev–Trinajstić information content (AvgIpc) is 3.10. The molecule has 0 aliphatic carbocycles. The van der Waals surface area contributed by atoms with Crippen molar-refractivity contribution in [3.05, 3.63) is 59.7 Å². The van der Waals surface area contributed by atoms with Crippen molar-refractivity contribution in [2.75, 3.05) is 16.8 Å². The van der Waals surface area contributed by atoms with Crippen LogP contribution in [0, 0.1) is 5.92 Å². The predicted octanol–water partition coefficient (Wildman–Crippen LogP) is 3.98. The fourth-order valence-electron chi connectivity index (χ4n) is 3.50. The number of anilines is 2. The van der Waals surface area contributed by atoms with Crippen LogP contribution in [0.3, 0.4) is 0 Å². The van der Waals surface area contributed by atoms with E-state index in [1.165, 1.54) is 5.56 Å². The van der Waals surface area contributed by atoms with E-state index >= 15 is 0 Å². The van der Waals surface area contributed by atoms with E-state index in [4.69, 9.17) is 0 Å². The number of amides is 3. The smallest absolute Gasteiger partial charge is 0.319 e. The first kappa shape index (κ1) is 19.0. The molecule has 5 heteroatoms. The number of para-hydroxylation sites is 2. The maximum atomic E-state index is 13.1. The summed E-state index contributed by atoms with van der Waals surface area (Å²) in [6.45, 7) is 6.60. The van der Waals surface area contributed by atoms with Crippen LogP contribution in [0.25, 0.3) is 0 Å². The van der Waals surface area contributed by atoms with Gasteiger partial charge in [0.2, 0.25) is 5.91 Å². The molecule has 0 aromatic heterocycles. The van der Waals surface area contributed by atoms with Crippen LogP contribution in [0.4, 0.5) is 16.2 Å². The monoisotopic (exact) mass is 365 g/mol. The molecule has 5 nitrogen and oxygen atoms in total. The summed E-state index contributed by atoms with van der Waals surface area (Å²) in [7, 11) is 0. The van der Waals surface area contributed by atoms with E-state index < -0.39 is 6.04 Å². The average molecular weight is 365 g/mol. The number of benzene rings is 2. The number of rotatable bonds is 5. The van der Waals surface area contributed by atoms with E-state index in [1.807, 2.05) is 63.2 Å². The van der Waals surface area contributed by atoms with Crippen LogP contribution in [0.5, 0.6) is 0 Å². The van der Waals surface area contributed by atoms with Crippen molar-refractivity contribution in [3.63, 3.8) is 0 Å². The van der Waals surface area contributed by atoms with E-state index in [9.17, 15) is 9.59 Å². The summed E-state index contributed by atoms with van der Waals surface area (Å²) in [6, 6.07) is 14.7. The fourth-order valence-corrected chi connectivity index (χ4v) is 3.50. The van der Waals surface area contributed by atoms with Crippen molar-refractivity contribution in [1.29, 1.82) is 0 Å². The summed E-state index contributed by atoms with van der Waals surface area (Å²) in [6.07, 6.45) is 1.68. The molecule has 1 aliphatic heterocycles. The van der Waals surface area contributed by atoms with Crippen LogP contribution in [0.1, 0.15) is 31.9 Å². The number of fused-ring (bicyclic) bond motifs is 1. The molecule has 3 rings (SSSR count). The Labute approximate surface area is 160 Å². The lowest BCUT2D eigenvalue weighted by molar-refractivity contribution is -0.121. The molecule has 0 fully saturated rings. The Hall–Kier alpha value is -2.82. The van der Waals surface area contributed by atoms with E-state index in [2.05, 4.69) is 16.7 Å². The molecule has 142 valence electrons. The molecule has 1 atom stereocenters. The zero-order chi connectivity index (χ0) is 19.4. The first-order valence-corrected chi connectivity index (χ1v) is 9.56. The van der Waals surface area contributed by atoms with Crippen LogP contribution in [0.15, 0.2) is 48.5 Å². The summed E-state index contributed by atoms with van der Waals surface area (Å²) in [5, 5.41) is 5.77. The molecule has 27 heavy (non-hydrogen) atoms. The molecule has 1 aliphatic rings. The van der Waals surface area contributed by atoms with E-state index in [0.29, 0.717) is 6.54 Å². The lowest BCUT2D eigenvalue weighted by atomic mass is 10.0. The molecule has 3 amide bonds. The molecule has 1 heterocycles. The standard InChI is InChI=1S/C22H27N3O2/c1-4-16-9-5-7-11-18(16)23-22(27)24-20(15(2)3)21(26)25-14-13-17-10-6-8-12-19(17)25/h5-12,15,20H,4,13-14H2,1-3H3,(H2,23,24,27)/t20-/m1/s1. The molecular weight excluding hydrogens is 338 g/mol. The van der Waals surface area contributed by atoms with Gasteiger partial charge in [-0.3, -0.25) is 4.79 Å². The second kappa shape index (κ2) is 8.25. The van der Waals surface area contributed by atoms with Crippen LogP contribution in [-0.4, -0.2) is 24.5 Å². The second-order valence-electron chi connectivity index (χ2n) is 7.20. The van der Waals surface area contributed by atoms with Gasteiger partial charge in [-0.2, -0.15) is 0 Å². The van der Waals surface area contributed by atoms with Gasteiger partial charge < -0.3 is 15.5 Å². The molecule has 0 saturated carbocycles. The molecule has 0 spiro atoms. The Bertz CT molecular complexity index is 832. The van der Waals surface area contributed by atoms with Crippen LogP contribution < -0.4 is 15.5 Å². The third-order valence-electron chi connectivity index (χ3n) is 5.02. The van der Waals surface area contributed by atoms with Crippen molar-refractivity contribution < 1.29 is 9.59 Å². The summed E-state index contributed by atoms with van der Waals surface area (Å²) in [5.74, 6) is -0.0775. The highest BCUT2D eigenvalue weighted by molar-refractivity contribution is 6.02. The quantitative estimate of drug-likeness (QED) is 0.842. The van der Waals surface area contributed by atoms with Gasteiger partial charge in [0, 0.05) is 17.9 Å². The van der Waals surface area contributed by atoms with Gasteiger partial charge in [-0.05, 0) is 42.0 Å².